The van der Waals surface area contributed by atoms with Gasteiger partial charge in [-0.05, 0) is 18.6 Å². The molecule has 0 heterocycles. The van der Waals surface area contributed by atoms with Crippen molar-refractivity contribution in [2.24, 2.45) is 0 Å². The van der Waals surface area contributed by atoms with Gasteiger partial charge >= 0.3 is 11.7 Å². The van der Waals surface area contributed by atoms with Gasteiger partial charge < -0.3 is 4.74 Å². The molecule has 0 saturated carbocycles. The lowest BCUT2D eigenvalue weighted by Gasteiger charge is -2.05. The van der Waals surface area contributed by atoms with Gasteiger partial charge in [-0.3, -0.25) is 14.9 Å². The molecule has 7 heteroatoms. The average molecular weight is 306 g/mol. The van der Waals surface area contributed by atoms with Crippen molar-refractivity contribution in [2.45, 2.75) is 13.3 Å². The largest absolute Gasteiger partial charge is 0.466 e. The van der Waals surface area contributed by atoms with Crippen LogP contribution in [0.25, 0.3) is 0 Å². The standard InChI is InChI=1S/C10H9BrFNO4/c1-2-17-10(14)4-6-3-9(13(15)16)8(12)5-7(6)11/h3,5H,2,4H2,1H3. The van der Waals surface area contributed by atoms with Crippen LogP contribution in [0.4, 0.5) is 10.1 Å². The number of esters is 1. The number of hydrogen-bond donors (Lipinski definition) is 0. The van der Waals surface area contributed by atoms with Crippen molar-refractivity contribution in [3.63, 3.8) is 0 Å². The van der Waals surface area contributed by atoms with Crippen molar-refractivity contribution >= 4 is 27.6 Å². The van der Waals surface area contributed by atoms with E-state index in [2.05, 4.69) is 15.9 Å². The zero-order valence-corrected chi connectivity index (χ0v) is 10.5. The zero-order valence-electron chi connectivity index (χ0n) is 8.91. The van der Waals surface area contributed by atoms with Crippen LogP contribution < -0.4 is 0 Å². The van der Waals surface area contributed by atoms with Crippen molar-refractivity contribution in [1.82, 2.24) is 0 Å². The molecule has 0 aliphatic carbocycles. The van der Waals surface area contributed by atoms with E-state index in [0.29, 0.717) is 10.0 Å². The molecule has 0 aromatic heterocycles. The molecule has 5 nitrogen and oxygen atoms in total. The Morgan fingerprint density at radius 3 is 2.76 bits per heavy atom. The highest BCUT2D eigenvalue weighted by molar-refractivity contribution is 9.10. The number of benzene rings is 1. The molecule has 1 rings (SSSR count). The first-order valence-corrected chi connectivity index (χ1v) is 5.53. The first kappa shape index (κ1) is 13.6. The van der Waals surface area contributed by atoms with Gasteiger partial charge in [-0.25, -0.2) is 0 Å². The second-order valence-electron chi connectivity index (χ2n) is 3.13. The molecule has 1 aromatic rings. The Kier molecular flexibility index (Phi) is 4.56. The SMILES string of the molecule is CCOC(=O)Cc1cc([N+](=O)[O-])c(F)cc1Br. The van der Waals surface area contributed by atoms with Crippen LogP contribution in [-0.2, 0) is 16.0 Å². The fourth-order valence-corrected chi connectivity index (χ4v) is 1.68. The summed E-state index contributed by atoms with van der Waals surface area (Å²) in [7, 11) is 0. The Hall–Kier alpha value is -1.50. The average Bonchev–Trinajstić information content (AvgIpc) is 2.21. The van der Waals surface area contributed by atoms with E-state index in [4.69, 9.17) is 4.74 Å². The maximum Gasteiger partial charge on any atom is 0.310 e. The predicted molar refractivity (Wildman–Crippen MR) is 61.1 cm³/mol. The molecule has 1 aromatic carbocycles. The van der Waals surface area contributed by atoms with Crippen molar-refractivity contribution in [3.05, 3.63) is 38.1 Å². The third kappa shape index (κ3) is 3.48. The fraction of sp³-hybridized carbons (Fsp3) is 0.300. The summed E-state index contributed by atoms with van der Waals surface area (Å²) in [5.74, 6) is -1.47. The van der Waals surface area contributed by atoms with E-state index in [0.717, 1.165) is 12.1 Å². The summed E-state index contributed by atoms with van der Waals surface area (Å²) in [6, 6.07) is 1.99. The first-order chi connectivity index (χ1) is 7.95. The number of nitro benzene ring substituents is 1. The molecule has 0 bridgehead atoms. The molecule has 0 aliphatic rings. The smallest absolute Gasteiger partial charge is 0.310 e. The number of ether oxygens (including phenoxy) is 1. The highest BCUT2D eigenvalue weighted by Crippen LogP contribution is 2.26. The van der Waals surface area contributed by atoms with Crippen LogP contribution in [0.2, 0.25) is 0 Å². The van der Waals surface area contributed by atoms with Gasteiger partial charge in [-0.2, -0.15) is 4.39 Å². The monoisotopic (exact) mass is 305 g/mol. The van der Waals surface area contributed by atoms with E-state index >= 15 is 0 Å². The molecule has 0 unspecified atom stereocenters. The Balaban J connectivity index is 3.03. The molecule has 0 radical (unpaired) electrons. The summed E-state index contributed by atoms with van der Waals surface area (Å²) in [5.41, 5.74) is -0.343. The minimum atomic E-state index is -0.950. The normalized spacial score (nSPS) is 10.1. The van der Waals surface area contributed by atoms with E-state index in [9.17, 15) is 19.3 Å². The van der Waals surface area contributed by atoms with Gasteiger partial charge in [-0.1, -0.05) is 15.9 Å². The number of hydrogen-bond acceptors (Lipinski definition) is 4. The van der Waals surface area contributed by atoms with Gasteiger partial charge in [0.1, 0.15) is 0 Å². The Bertz CT molecular complexity index is 464. The molecular weight excluding hydrogens is 297 g/mol. The fourth-order valence-electron chi connectivity index (χ4n) is 1.22. The molecule has 0 atom stereocenters. The quantitative estimate of drug-likeness (QED) is 0.487. The molecule has 17 heavy (non-hydrogen) atoms. The maximum absolute atomic E-state index is 13.2. The van der Waals surface area contributed by atoms with E-state index in [-0.39, 0.29) is 13.0 Å². The van der Waals surface area contributed by atoms with Crippen molar-refractivity contribution in [1.29, 1.82) is 0 Å². The molecular formula is C10H9BrFNO4. The van der Waals surface area contributed by atoms with Gasteiger partial charge in [0, 0.05) is 10.5 Å². The van der Waals surface area contributed by atoms with E-state index in [1.54, 1.807) is 6.92 Å². The highest BCUT2D eigenvalue weighted by Gasteiger charge is 2.19. The maximum atomic E-state index is 13.2. The third-order valence-corrected chi connectivity index (χ3v) is 2.69. The summed E-state index contributed by atoms with van der Waals surface area (Å²) in [4.78, 5) is 20.9. The van der Waals surface area contributed by atoms with Crippen LogP contribution in [0, 0.1) is 15.9 Å². The Morgan fingerprint density at radius 1 is 1.59 bits per heavy atom. The van der Waals surface area contributed by atoms with Gasteiger partial charge in [0.15, 0.2) is 0 Å². The van der Waals surface area contributed by atoms with Crippen LogP contribution in [0.1, 0.15) is 12.5 Å². The van der Waals surface area contributed by atoms with Crippen molar-refractivity contribution in [3.8, 4) is 0 Å². The van der Waals surface area contributed by atoms with E-state index in [1.807, 2.05) is 0 Å². The second-order valence-corrected chi connectivity index (χ2v) is 3.99. The molecule has 0 spiro atoms. The minimum absolute atomic E-state index is 0.143. The topological polar surface area (TPSA) is 69.4 Å². The summed E-state index contributed by atoms with van der Waals surface area (Å²) >= 11 is 3.04. The number of carbonyl (C=O) groups excluding carboxylic acids is 1. The summed E-state index contributed by atoms with van der Waals surface area (Å²) in [5, 5.41) is 10.5. The number of nitro groups is 1. The van der Waals surface area contributed by atoms with Gasteiger partial charge in [-0.15, -0.1) is 0 Å². The van der Waals surface area contributed by atoms with E-state index < -0.39 is 22.4 Å². The summed E-state index contributed by atoms with van der Waals surface area (Å²) in [6.45, 7) is 1.87. The second kappa shape index (κ2) is 5.72. The minimum Gasteiger partial charge on any atom is -0.466 e. The molecule has 92 valence electrons. The van der Waals surface area contributed by atoms with Crippen LogP contribution >= 0.6 is 15.9 Å². The molecule has 0 amide bonds. The predicted octanol–water partition coefficient (Wildman–Crippen LogP) is 2.60. The Labute approximate surface area is 105 Å². The Morgan fingerprint density at radius 2 is 2.24 bits per heavy atom. The number of rotatable bonds is 4. The van der Waals surface area contributed by atoms with Gasteiger partial charge in [0.25, 0.3) is 0 Å². The summed E-state index contributed by atoms with van der Waals surface area (Å²) < 4.78 is 18.2. The lowest BCUT2D eigenvalue weighted by molar-refractivity contribution is -0.387. The number of carbonyl (C=O) groups is 1. The summed E-state index contributed by atoms with van der Waals surface area (Å²) in [6.07, 6.45) is -0.143. The first-order valence-electron chi connectivity index (χ1n) is 4.73. The van der Waals surface area contributed by atoms with Crippen LogP contribution in [0.15, 0.2) is 16.6 Å². The molecule has 0 saturated heterocycles. The molecule has 0 fully saturated rings. The lowest BCUT2D eigenvalue weighted by atomic mass is 10.1. The third-order valence-electron chi connectivity index (χ3n) is 1.95. The van der Waals surface area contributed by atoms with E-state index in [1.165, 1.54) is 0 Å². The van der Waals surface area contributed by atoms with Crippen LogP contribution in [0.3, 0.4) is 0 Å². The highest BCUT2D eigenvalue weighted by atomic mass is 79.9. The zero-order chi connectivity index (χ0) is 13.0. The van der Waals surface area contributed by atoms with Crippen LogP contribution in [0.5, 0.6) is 0 Å². The van der Waals surface area contributed by atoms with Crippen LogP contribution in [-0.4, -0.2) is 17.5 Å². The number of nitrogens with zero attached hydrogens (tertiary/aromatic N) is 1. The molecule has 0 N–H and O–H groups in total. The van der Waals surface area contributed by atoms with Gasteiger partial charge in [0.2, 0.25) is 5.82 Å². The molecule has 0 aliphatic heterocycles. The lowest BCUT2D eigenvalue weighted by Crippen LogP contribution is -2.08. The van der Waals surface area contributed by atoms with Crippen molar-refractivity contribution in [2.75, 3.05) is 6.61 Å². The van der Waals surface area contributed by atoms with Crippen molar-refractivity contribution < 1.29 is 18.8 Å². The van der Waals surface area contributed by atoms with Gasteiger partial charge in [0.05, 0.1) is 18.0 Å². The number of halogens is 2.